The first-order chi connectivity index (χ1) is 15.9. The standard InChI is InChI=1S/C25H23FN4O3/c1-16-11-19(9-10-20(16)26)13-27-24(32)21-14-30-22(3-2-4-23(30)29-21)25(33)28-12-17-5-7-18(15-31)8-6-17/h2-11,14,31H,12-13,15H2,1H3,(H,27,32)(H,28,33). The fourth-order valence-corrected chi connectivity index (χ4v) is 3.43. The first-order valence-corrected chi connectivity index (χ1v) is 10.4. The maximum Gasteiger partial charge on any atom is 0.271 e. The van der Waals surface area contributed by atoms with Gasteiger partial charge in [-0.05, 0) is 47.4 Å². The van der Waals surface area contributed by atoms with Crippen molar-refractivity contribution in [3.63, 3.8) is 0 Å². The molecule has 33 heavy (non-hydrogen) atoms. The highest BCUT2D eigenvalue weighted by atomic mass is 19.1. The lowest BCUT2D eigenvalue weighted by Gasteiger charge is -2.08. The summed E-state index contributed by atoms with van der Waals surface area (Å²) in [5.74, 6) is -0.993. The van der Waals surface area contributed by atoms with Crippen LogP contribution in [0.15, 0.2) is 66.9 Å². The normalized spacial score (nSPS) is 10.9. The number of hydrogen-bond acceptors (Lipinski definition) is 4. The maximum absolute atomic E-state index is 13.4. The SMILES string of the molecule is Cc1cc(CNC(=O)c2cn3c(C(=O)NCc4ccc(CO)cc4)cccc3n2)ccc1F. The number of aliphatic hydroxyl groups excluding tert-OH is 1. The van der Waals surface area contributed by atoms with Gasteiger partial charge in [0.15, 0.2) is 0 Å². The molecule has 0 saturated heterocycles. The molecular weight excluding hydrogens is 423 g/mol. The molecule has 2 amide bonds. The molecule has 2 aromatic carbocycles. The zero-order valence-corrected chi connectivity index (χ0v) is 18.0. The van der Waals surface area contributed by atoms with Crippen LogP contribution in [0.4, 0.5) is 4.39 Å². The van der Waals surface area contributed by atoms with Crippen LogP contribution in [0, 0.1) is 12.7 Å². The van der Waals surface area contributed by atoms with E-state index in [4.69, 9.17) is 5.11 Å². The number of benzene rings is 2. The summed E-state index contributed by atoms with van der Waals surface area (Å²) in [6.07, 6.45) is 1.52. The number of fused-ring (bicyclic) bond motifs is 1. The number of aliphatic hydroxyl groups is 1. The summed E-state index contributed by atoms with van der Waals surface area (Å²) in [6, 6.07) is 17.0. The van der Waals surface area contributed by atoms with Crippen molar-refractivity contribution >= 4 is 17.5 Å². The van der Waals surface area contributed by atoms with Crippen molar-refractivity contribution in [1.82, 2.24) is 20.0 Å². The number of imidazole rings is 1. The lowest BCUT2D eigenvalue weighted by Crippen LogP contribution is -2.25. The number of nitrogens with zero attached hydrogens (tertiary/aromatic N) is 2. The van der Waals surface area contributed by atoms with Gasteiger partial charge in [0.25, 0.3) is 11.8 Å². The number of carbonyl (C=O) groups excluding carboxylic acids is 2. The van der Waals surface area contributed by atoms with Crippen molar-refractivity contribution in [2.75, 3.05) is 0 Å². The Kier molecular flexibility index (Phi) is 6.46. The van der Waals surface area contributed by atoms with E-state index in [-0.39, 0.29) is 30.6 Å². The topological polar surface area (TPSA) is 95.7 Å². The molecule has 0 aliphatic heterocycles. The smallest absolute Gasteiger partial charge is 0.271 e. The molecule has 3 N–H and O–H groups in total. The fourth-order valence-electron chi connectivity index (χ4n) is 3.43. The van der Waals surface area contributed by atoms with Crippen LogP contribution in [0.25, 0.3) is 5.65 Å². The summed E-state index contributed by atoms with van der Waals surface area (Å²) in [5.41, 5.74) is 3.97. The van der Waals surface area contributed by atoms with Crippen molar-refractivity contribution < 1.29 is 19.1 Å². The molecule has 2 aromatic heterocycles. The van der Waals surface area contributed by atoms with Crippen molar-refractivity contribution in [3.8, 4) is 0 Å². The van der Waals surface area contributed by atoms with Gasteiger partial charge in [-0.15, -0.1) is 0 Å². The predicted molar refractivity (Wildman–Crippen MR) is 121 cm³/mol. The lowest BCUT2D eigenvalue weighted by molar-refractivity contribution is 0.0935. The number of halogens is 1. The molecule has 0 radical (unpaired) electrons. The maximum atomic E-state index is 13.4. The molecule has 0 saturated carbocycles. The van der Waals surface area contributed by atoms with Gasteiger partial charge in [0.2, 0.25) is 0 Å². The summed E-state index contributed by atoms with van der Waals surface area (Å²) in [7, 11) is 0. The first kappa shape index (κ1) is 22.2. The monoisotopic (exact) mass is 446 g/mol. The summed E-state index contributed by atoms with van der Waals surface area (Å²) in [6.45, 7) is 2.19. The van der Waals surface area contributed by atoms with E-state index in [0.29, 0.717) is 23.4 Å². The average Bonchev–Trinajstić information content (AvgIpc) is 3.28. The second-order valence-electron chi connectivity index (χ2n) is 7.69. The molecule has 0 aliphatic carbocycles. The lowest BCUT2D eigenvalue weighted by atomic mass is 10.1. The number of aryl methyl sites for hydroxylation is 1. The number of nitrogens with one attached hydrogen (secondary N) is 2. The van der Waals surface area contributed by atoms with Crippen LogP contribution in [-0.2, 0) is 19.7 Å². The summed E-state index contributed by atoms with van der Waals surface area (Å²) in [5, 5.41) is 14.8. The molecule has 7 nitrogen and oxygen atoms in total. The predicted octanol–water partition coefficient (Wildman–Crippen LogP) is 3.13. The molecular formula is C25H23FN4O3. The van der Waals surface area contributed by atoms with E-state index in [1.807, 2.05) is 12.1 Å². The van der Waals surface area contributed by atoms with Gasteiger partial charge >= 0.3 is 0 Å². The molecule has 2 heterocycles. The second-order valence-corrected chi connectivity index (χ2v) is 7.69. The zero-order valence-electron chi connectivity index (χ0n) is 18.0. The number of hydrogen-bond donors (Lipinski definition) is 3. The van der Waals surface area contributed by atoms with Crippen LogP contribution in [-0.4, -0.2) is 26.3 Å². The second kappa shape index (κ2) is 9.62. The minimum absolute atomic E-state index is 0.0330. The Labute approximate surface area is 189 Å². The Morgan fingerprint density at radius 3 is 2.33 bits per heavy atom. The van der Waals surface area contributed by atoms with Crippen molar-refractivity contribution in [2.24, 2.45) is 0 Å². The highest BCUT2D eigenvalue weighted by molar-refractivity contribution is 5.95. The van der Waals surface area contributed by atoms with E-state index < -0.39 is 5.91 Å². The van der Waals surface area contributed by atoms with Gasteiger partial charge in [0, 0.05) is 19.3 Å². The molecule has 0 unspecified atom stereocenters. The minimum atomic E-state index is -0.393. The molecule has 0 aliphatic rings. The van der Waals surface area contributed by atoms with Crippen LogP contribution < -0.4 is 10.6 Å². The van der Waals surface area contributed by atoms with Crippen LogP contribution >= 0.6 is 0 Å². The molecule has 8 heteroatoms. The van der Waals surface area contributed by atoms with Crippen LogP contribution in [0.1, 0.15) is 43.2 Å². The largest absolute Gasteiger partial charge is 0.392 e. The zero-order chi connectivity index (χ0) is 23.4. The van der Waals surface area contributed by atoms with Gasteiger partial charge in [-0.2, -0.15) is 0 Å². The Bertz CT molecular complexity index is 1320. The van der Waals surface area contributed by atoms with Gasteiger partial charge in [0.05, 0.1) is 6.61 Å². The average molecular weight is 446 g/mol. The number of aromatic nitrogens is 2. The van der Waals surface area contributed by atoms with Crippen LogP contribution in [0.5, 0.6) is 0 Å². The van der Waals surface area contributed by atoms with Gasteiger partial charge in [-0.25, -0.2) is 9.37 Å². The summed E-state index contributed by atoms with van der Waals surface area (Å²) in [4.78, 5) is 29.7. The molecule has 4 rings (SSSR count). The van der Waals surface area contributed by atoms with E-state index in [2.05, 4.69) is 15.6 Å². The molecule has 0 atom stereocenters. The van der Waals surface area contributed by atoms with Crippen molar-refractivity contribution in [3.05, 3.63) is 106 Å². The first-order valence-electron chi connectivity index (χ1n) is 10.4. The van der Waals surface area contributed by atoms with Crippen molar-refractivity contribution in [2.45, 2.75) is 26.6 Å². The third-order valence-corrected chi connectivity index (χ3v) is 5.29. The van der Waals surface area contributed by atoms with E-state index in [0.717, 1.165) is 16.7 Å². The third-order valence-electron chi connectivity index (χ3n) is 5.29. The van der Waals surface area contributed by atoms with E-state index in [1.54, 1.807) is 53.8 Å². The van der Waals surface area contributed by atoms with Gasteiger partial charge in [0.1, 0.15) is 22.9 Å². The highest BCUT2D eigenvalue weighted by Crippen LogP contribution is 2.12. The van der Waals surface area contributed by atoms with E-state index in [9.17, 15) is 14.0 Å². The Hall–Kier alpha value is -4.04. The van der Waals surface area contributed by atoms with Crippen LogP contribution in [0.3, 0.4) is 0 Å². The number of carbonyl (C=O) groups is 2. The van der Waals surface area contributed by atoms with E-state index in [1.165, 1.54) is 12.3 Å². The Morgan fingerprint density at radius 1 is 0.939 bits per heavy atom. The summed E-state index contributed by atoms with van der Waals surface area (Å²) < 4.78 is 15.0. The Morgan fingerprint density at radius 2 is 1.61 bits per heavy atom. The molecule has 168 valence electrons. The van der Waals surface area contributed by atoms with Crippen LogP contribution in [0.2, 0.25) is 0 Å². The molecule has 0 bridgehead atoms. The van der Waals surface area contributed by atoms with Crippen molar-refractivity contribution in [1.29, 1.82) is 0 Å². The molecule has 4 aromatic rings. The number of amides is 2. The quantitative estimate of drug-likeness (QED) is 0.406. The number of pyridine rings is 1. The highest BCUT2D eigenvalue weighted by Gasteiger charge is 2.15. The molecule has 0 fully saturated rings. The fraction of sp³-hybridized carbons (Fsp3) is 0.160. The number of rotatable bonds is 7. The molecule has 0 spiro atoms. The van der Waals surface area contributed by atoms with Gasteiger partial charge in [-0.3, -0.25) is 14.0 Å². The summed E-state index contributed by atoms with van der Waals surface area (Å²) >= 11 is 0. The Balaban J connectivity index is 1.45. The minimum Gasteiger partial charge on any atom is -0.392 e. The third kappa shape index (κ3) is 5.07. The van der Waals surface area contributed by atoms with Gasteiger partial charge in [-0.1, -0.05) is 42.5 Å². The van der Waals surface area contributed by atoms with Gasteiger partial charge < -0.3 is 15.7 Å². The van der Waals surface area contributed by atoms with E-state index >= 15 is 0 Å².